The van der Waals surface area contributed by atoms with Crippen LogP contribution < -0.4 is 9.30 Å². The molecular weight excluding hydrogens is 368 g/mol. The molecule has 30 heavy (non-hydrogen) atoms. The van der Waals surface area contributed by atoms with Gasteiger partial charge in [0.25, 0.3) is 0 Å². The Hall–Kier alpha value is -2.81. The number of aromatic nitrogens is 2. The summed E-state index contributed by atoms with van der Waals surface area (Å²) in [5.41, 5.74) is 5.18. The third-order valence-electron chi connectivity index (χ3n) is 5.66. The summed E-state index contributed by atoms with van der Waals surface area (Å²) < 4.78 is 10.9. The van der Waals surface area contributed by atoms with Gasteiger partial charge in [0.1, 0.15) is 11.3 Å². The van der Waals surface area contributed by atoms with Gasteiger partial charge in [-0.2, -0.15) is 4.57 Å². The summed E-state index contributed by atoms with van der Waals surface area (Å²) in [7, 11) is 0. The number of benzene rings is 2. The molecule has 0 saturated carbocycles. The molecule has 3 nitrogen and oxygen atoms in total. The first-order valence-corrected chi connectivity index (χ1v) is 11.2. The Morgan fingerprint density at radius 1 is 1.03 bits per heavy atom. The van der Waals surface area contributed by atoms with Crippen molar-refractivity contribution in [1.82, 2.24) is 4.57 Å². The zero-order valence-electron chi connectivity index (χ0n) is 18.7. The van der Waals surface area contributed by atoms with Crippen LogP contribution in [0.5, 0.6) is 5.75 Å². The Morgan fingerprint density at radius 2 is 1.83 bits per heavy atom. The van der Waals surface area contributed by atoms with Gasteiger partial charge >= 0.3 is 0 Å². The lowest BCUT2D eigenvalue weighted by Gasteiger charge is -2.12. The Labute approximate surface area is 179 Å². The van der Waals surface area contributed by atoms with Crippen molar-refractivity contribution >= 4 is 21.8 Å². The van der Waals surface area contributed by atoms with E-state index in [9.17, 15) is 0 Å². The largest absolute Gasteiger partial charge is 0.494 e. The average molecular weight is 402 g/mol. The van der Waals surface area contributed by atoms with Crippen molar-refractivity contribution in [2.75, 3.05) is 6.61 Å². The third-order valence-corrected chi connectivity index (χ3v) is 5.66. The normalized spacial score (nSPS) is 11.6. The molecule has 0 aliphatic heterocycles. The molecule has 2 aromatic carbocycles. The van der Waals surface area contributed by atoms with E-state index in [0.717, 1.165) is 38.3 Å². The van der Waals surface area contributed by atoms with Crippen LogP contribution in [0.1, 0.15) is 44.7 Å². The van der Waals surface area contributed by atoms with Crippen LogP contribution >= 0.6 is 0 Å². The monoisotopic (exact) mass is 401 g/mol. The zero-order valence-corrected chi connectivity index (χ0v) is 18.7. The van der Waals surface area contributed by atoms with Crippen molar-refractivity contribution < 1.29 is 9.30 Å². The fraction of sp³-hybridized carbons (Fsp3) is 0.370. The summed E-state index contributed by atoms with van der Waals surface area (Å²) in [6.45, 7) is 11.6. The van der Waals surface area contributed by atoms with Gasteiger partial charge in [0.2, 0.25) is 0 Å². The van der Waals surface area contributed by atoms with E-state index >= 15 is 0 Å². The fourth-order valence-corrected chi connectivity index (χ4v) is 4.25. The standard InChI is InChI=1S/C27H33N2O/c1-5-6-14-30-23-15-21(4)27-24-12-13-28(18-22-10-8-7-9-11-22)19-26(24)29(17-20(2)3)25(27)16-23/h7-13,15-16,19-20H,5-6,14,17-18H2,1-4H3/q+1. The number of hydrogen-bond donors (Lipinski definition) is 0. The molecule has 0 unspecified atom stereocenters. The van der Waals surface area contributed by atoms with E-state index in [1.807, 2.05) is 0 Å². The van der Waals surface area contributed by atoms with E-state index in [-0.39, 0.29) is 0 Å². The second kappa shape index (κ2) is 8.91. The molecular formula is C27H33N2O+. The number of ether oxygens (including phenoxy) is 1. The number of nitrogens with zero attached hydrogens (tertiary/aromatic N) is 2. The summed E-state index contributed by atoms with van der Waals surface area (Å²) in [6, 6.07) is 17.4. The molecule has 0 aliphatic rings. The van der Waals surface area contributed by atoms with Gasteiger partial charge in [0, 0.05) is 35.0 Å². The first-order valence-electron chi connectivity index (χ1n) is 11.2. The second-order valence-corrected chi connectivity index (χ2v) is 8.74. The topological polar surface area (TPSA) is 18.0 Å². The first kappa shape index (κ1) is 20.5. The number of aryl methyl sites for hydroxylation is 1. The number of pyridine rings is 1. The highest BCUT2D eigenvalue weighted by Crippen LogP contribution is 2.34. The van der Waals surface area contributed by atoms with Crippen LogP contribution in [0.25, 0.3) is 21.8 Å². The molecule has 0 bridgehead atoms. The predicted molar refractivity (Wildman–Crippen MR) is 125 cm³/mol. The van der Waals surface area contributed by atoms with E-state index in [4.69, 9.17) is 4.74 Å². The van der Waals surface area contributed by atoms with Gasteiger partial charge in [-0.15, -0.1) is 0 Å². The summed E-state index contributed by atoms with van der Waals surface area (Å²) in [5, 5.41) is 2.67. The molecule has 2 heterocycles. The Balaban J connectivity index is 1.83. The molecule has 0 amide bonds. The quantitative estimate of drug-likeness (QED) is 0.251. The highest BCUT2D eigenvalue weighted by atomic mass is 16.5. The highest BCUT2D eigenvalue weighted by molar-refractivity contribution is 6.09. The minimum Gasteiger partial charge on any atom is -0.494 e. The Morgan fingerprint density at radius 3 is 2.57 bits per heavy atom. The van der Waals surface area contributed by atoms with Gasteiger partial charge in [0.15, 0.2) is 18.9 Å². The van der Waals surface area contributed by atoms with Gasteiger partial charge in [-0.05, 0) is 30.9 Å². The van der Waals surface area contributed by atoms with Crippen LogP contribution in [-0.4, -0.2) is 11.2 Å². The minimum absolute atomic E-state index is 0.566. The van der Waals surface area contributed by atoms with E-state index in [0.29, 0.717) is 5.92 Å². The van der Waals surface area contributed by atoms with Crippen molar-refractivity contribution in [1.29, 1.82) is 0 Å². The van der Waals surface area contributed by atoms with E-state index < -0.39 is 0 Å². The van der Waals surface area contributed by atoms with E-state index in [2.05, 4.69) is 97.8 Å². The van der Waals surface area contributed by atoms with Crippen LogP contribution in [0.2, 0.25) is 0 Å². The molecule has 4 aromatic rings. The van der Waals surface area contributed by atoms with Crippen molar-refractivity contribution in [3.8, 4) is 5.75 Å². The Kier molecular flexibility index (Phi) is 6.08. The Bertz CT molecular complexity index is 1140. The molecule has 3 heteroatoms. The van der Waals surface area contributed by atoms with Gasteiger partial charge in [-0.1, -0.05) is 57.5 Å². The van der Waals surface area contributed by atoms with Crippen LogP contribution in [-0.2, 0) is 13.1 Å². The number of fused-ring (bicyclic) bond motifs is 3. The van der Waals surface area contributed by atoms with E-state index in [1.54, 1.807) is 0 Å². The highest BCUT2D eigenvalue weighted by Gasteiger charge is 2.18. The van der Waals surface area contributed by atoms with Crippen LogP contribution in [0.15, 0.2) is 60.9 Å². The van der Waals surface area contributed by atoms with Crippen molar-refractivity contribution in [2.24, 2.45) is 5.92 Å². The molecule has 0 spiro atoms. The SMILES string of the molecule is CCCCOc1cc(C)c2c3cc[n+](Cc4ccccc4)cc3n(CC(C)C)c2c1. The maximum atomic E-state index is 6.08. The van der Waals surface area contributed by atoms with Crippen molar-refractivity contribution in [3.05, 3.63) is 72.1 Å². The predicted octanol–water partition coefficient (Wildman–Crippen LogP) is 6.27. The lowest BCUT2D eigenvalue weighted by Crippen LogP contribution is -2.33. The van der Waals surface area contributed by atoms with Gasteiger partial charge < -0.3 is 9.30 Å². The maximum absolute atomic E-state index is 6.08. The zero-order chi connectivity index (χ0) is 21.1. The lowest BCUT2D eigenvalue weighted by atomic mass is 10.1. The first-order chi connectivity index (χ1) is 14.6. The number of rotatable bonds is 8. The molecule has 0 atom stereocenters. The summed E-state index contributed by atoms with van der Waals surface area (Å²) in [4.78, 5) is 0. The van der Waals surface area contributed by atoms with Gasteiger partial charge in [0.05, 0.1) is 12.1 Å². The number of hydrogen-bond acceptors (Lipinski definition) is 1. The lowest BCUT2D eigenvalue weighted by molar-refractivity contribution is -0.687. The van der Waals surface area contributed by atoms with E-state index in [1.165, 1.54) is 32.9 Å². The second-order valence-electron chi connectivity index (χ2n) is 8.74. The van der Waals surface area contributed by atoms with Gasteiger partial charge in [-0.25, -0.2) is 0 Å². The van der Waals surface area contributed by atoms with Crippen LogP contribution in [0.4, 0.5) is 0 Å². The van der Waals surface area contributed by atoms with Crippen LogP contribution in [0, 0.1) is 12.8 Å². The fourth-order valence-electron chi connectivity index (χ4n) is 4.25. The molecule has 0 N–H and O–H groups in total. The molecule has 0 aliphatic carbocycles. The maximum Gasteiger partial charge on any atom is 0.193 e. The molecule has 156 valence electrons. The molecule has 0 saturated heterocycles. The molecule has 0 radical (unpaired) electrons. The number of unbranched alkanes of at least 4 members (excludes halogenated alkanes) is 1. The summed E-state index contributed by atoms with van der Waals surface area (Å²) in [5.74, 6) is 1.55. The summed E-state index contributed by atoms with van der Waals surface area (Å²) >= 11 is 0. The van der Waals surface area contributed by atoms with Crippen molar-refractivity contribution in [2.45, 2.75) is 53.6 Å². The molecule has 2 aromatic heterocycles. The average Bonchev–Trinajstić information content (AvgIpc) is 3.02. The smallest absolute Gasteiger partial charge is 0.193 e. The summed E-state index contributed by atoms with van der Waals surface area (Å²) in [6.07, 6.45) is 6.75. The minimum atomic E-state index is 0.566. The molecule has 0 fully saturated rings. The van der Waals surface area contributed by atoms with Crippen LogP contribution in [0.3, 0.4) is 0 Å². The molecule has 4 rings (SSSR count). The van der Waals surface area contributed by atoms with Gasteiger partial charge in [-0.3, -0.25) is 0 Å². The van der Waals surface area contributed by atoms with Crippen molar-refractivity contribution in [3.63, 3.8) is 0 Å². The third kappa shape index (κ3) is 4.21.